The van der Waals surface area contributed by atoms with Gasteiger partial charge in [0.15, 0.2) is 0 Å². The third-order valence-corrected chi connectivity index (χ3v) is 5.11. The van der Waals surface area contributed by atoms with Crippen molar-refractivity contribution in [1.82, 2.24) is 4.83 Å². The van der Waals surface area contributed by atoms with E-state index in [4.69, 9.17) is 0 Å². The van der Waals surface area contributed by atoms with Crippen molar-refractivity contribution in [2.24, 2.45) is 5.10 Å². The number of aryl methyl sites for hydroxylation is 1. The number of rotatable bonds is 6. The monoisotopic (exact) mass is 370 g/mol. The summed E-state index contributed by atoms with van der Waals surface area (Å²) in [7, 11) is -3.74. The van der Waals surface area contributed by atoms with Crippen LogP contribution in [0.15, 0.2) is 63.4 Å². The molecule has 24 heavy (non-hydrogen) atoms. The fourth-order valence-corrected chi connectivity index (χ4v) is 3.20. The van der Waals surface area contributed by atoms with E-state index in [1.54, 1.807) is 43.3 Å². The summed E-state index contributed by atoms with van der Waals surface area (Å²) >= 11 is 0.450. The lowest BCUT2D eigenvalue weighted by atomic mass is 10.1. The third-order valence-electron chi connectivity index (χ3n) is 3.16. The van der Waals surface area contributed by atoms with Crippen LogP contribution in [0.25, 0.3) is 0 Å². The molecule has 8 heteroatoms. The van der Waals surface area contributed by atoms with Crippen LogP contribution in [-0.4, -0.2) is 19.9 Å². The predicted octanol–water partition coefficient (Wildman–Crippen LogP) is 4.01. The van der Waals surface area contributed by atoms with Gasteiger partial charge in [-0.25, -0.2) is 0 Å². The maximum Gasteiger partial charge on any atom is 0.288 e. The number of benzene rings is 2. The van der Waals surface area contributed by atoms with Crippen molar-refractivity contribution in [2.45, 2.75) is 29.4 Å². The topological polar surface area (TPSA) is 58.5 Å². The molecule has 0 aliphatic carbocycles. The van der Waals surface area contributed by atoms with Crippen LogP contribution in [0, 0.1) is 6.92 Å². The Morgan fingerprint density at radius 1 is 1.08 bits per heavy atom. The molecule has 1 N–H and O–H groups in total. The van der Waals surface area contributed by atoms with Gasteiger partial charge in [0, 0.05) is 4.90 Å². The summed E-state index contributed by atoms with van der Waals surface area (Å²) in [6.45, 7) is 3.50. The van der Waals surface area contributed by atoms with Crippen molar-refractivity contribution in [3.63, 3.8) is 0 Å². The first-order valence-corrected chi connectivity index (χ1v) is 9.32. The Hall–Kier alpha value is -1.93. The molecule has 128 valence electrons. The van der Waals surface area contributed by atoms with E-state index in [-0.39, 0.29) is 4.90 Å². The van der Waals surface area contributed by atoms with Gasteiger partial charge in [-0.1, -0.05) is 41.6 Å². The minimum absolute atomic E-state index is 0.119. The van der Waals surface area contributed by atoms with Crippen LogP contribution >= 0.6 is 11.8 Å². The quantitative estimate of drug-likeness (QED) is 0.475. The van der Waals surface area contributed by atoms with Gasteiger partial charge in [-0.05, 0) is 43.7 Å². The molecule has 4 nitrogen and oxygen atoms in total. The molecule has 0 aliphatic rings. The summed E-state index contributed by atoms with van der Waals surface area (Å²) in [5, 5.41) is 3.88. The summed E-state index contributed by atoms with van der Waals surface area (Å²) < 4.78 is 48.9. The highest BCUT2D eigenvalue weighted by molar-refractivity contribution is 7.99. The molecular weight excluding hydrogens is 354 g/mol. The molecule has 0 aliphatic heterocycles. The molecule has 0 unspecified atom stereocenters. The zero-order valence-corrected chi connectivity index (χ0v) is 14.7. The Morgan fingerprint density at radius 3 is 2.21 bits per heavy atom. The highest BCUT2D eigenvalue weighted by Crippen LogP contribution is 2.25. The molecule has 2 aromatic carbocycles. The fourth-order valence-electron chi connectivity index (χ4n) is 1.84. The van der Waals surface area contributed by atoms with Crippen molar-refractivity contribution in [1.29, 1.82) is 0 Å². The number of nitrogens with one attached hydrogen (secondary N) is 1. The van der Waals surface area contributed by atoms with Gasteiger partial charge in [-0.2, -0.15) is 27.1 Å². The van der Waals surface area contributed by atoms with Crippen LogP contribution in [0.1, 0.15) is 18.1 Å². The molecule has 0 spiro atoms. The van der Waals surface area contributed by atoms with Crippen LogP contribution in [0.2, 0.25) is 0 Å². The standard InChI is InChI=1S/C16H16F2N2O2S2/c1-11-3-9-15(10-4-11)24(21,22)20-19-12(2)13-5-7-14(8-6-13)23-16(17)18/h3-10,16,20H,1-2H3/b19-12+. The molecule has 0 fully saturated rings. The smallest absolute Gasteiger partial charge is 0.200 e. The second kappa shape index (κ2) is 7.76. The van der Waals surface area contributed by atoms with Gasteiger partial charge < -0.3 is 0 Å². The lowest BCUT2D eigenvalue weighted by Crippen LogP contribution is -2.19. The maximum atomic E-state index is 12.3. The SMILES string of the molecule is C/C(=N\NS(=O)(=O)c1ccc(C)cc1)c1ccc(SC(F)F)cc1. The van der Waals surface area contributed by atoms with Gasteiger partial charge in [0.05, 0.1) is 10.6 Å². The minimum Gasteiger partial charge on any atom is -0.200 e. The molecule has 0 radical (unpaired) electrons. The highest BCUT2D eigenvalue weighted by Gasteiger charge is 2.12. The number of nitrogens with zero attached hydrogens (tertiary/aromatic N) is 1. The number of halogens is 2. The summed E-state index contributed by atoms with van der Waals surface area (Å²) in [6, 6.07) is 12.7. The molecule has 0 saturated heterocycles. The van der Waals surface area contributed by atoms with Crippen molar-refractivity contribution >= 4 is 27.5 Å². The number of hydrogen-bond donors (Lipinski definition) is 1. The summed E-state index contributed by atoms with van der Waals surface area (Å²) in [6.07, 6.45) is 0. The number of hydrogen-bond acceptors (Lipinski definition) is 4. The van der Waals surface area contributed by atoms with E-state index >= 15 is 0 Å². The largest absolute Gasteiger partial charge is 0.288 e. The fraction of sp³-hybridized carbons (Fsp3) is 0.188. The number of sulfonamides is 1. The first kappa shape index (κ1) is 18.4. The van der Waals surface area contributed by atoms with Gasteiger partial charge in [0.1, 0.15) is 0 Å². The van der Waals surface area contributed by atoms with Crippen molar-refractivity contribution in [3.8, 4) is 0 Å². The average Bonchev–Trinajstić information content (AvgIpc) is 2.53. The highest BCUT2D eigenvalue weighted by atomic mass is 32.2. The van der Waals surface area contributed by atoms with E-state index < -0.39 is 15.8 Å². The summed E-state index contributed by atoms with van der Waals surface area (Å²) in [5.41, 5.74) is 2.02. The van der Waals surface area contributed by atoms with E-state index in [1.165, 1.54) is 12.1 Å². The average molecular weight is 370 g/mol. The second-order valence-corrected chi connectivity index (χ2v) is 7.73. The molecule has 0 bridgehead atoms. The van der Waals surface area contributed by atoms with Crippen LogP contribution < -0.4 is 4.83 Å². The van der Waals surface area contributed by atoms with E-state index in [9.17, 15) is 17.2 Å². The lowest BCUT2D eigenvalue weighted by Gasteiger charge is -2.06. The first-order valence-electron chi connectivity index (χ1n) is 6.96. The Morgan fingerprint density at radius 2 is 1.67 bits per heavy atom. The van der Waals surface area contributed by atoms with Gasteiger partial charge in [0.2, 0.25) is 0 Å². The molecule has 0 atom stereocenters. The van der Waals surface area contributed by atoms with E-state index in [0.29, 0.717) is 27.9 Å². The molecule has 2 rings (SSSR count). The van der Waals surface area contributed by atoms with E-state index in [2.05, 4.69) is 9.93 Å². The normalized spacial score (nSPS) is 12.5. The lowest BCUT2D eigenvalue weighted by molar-refractivity contribution is 0.252. The van der Waals surface area contributed by atoms with Gasteiger partial charge in [-0.3, -0.25) is 0 Å². The van der Waals surface area contributed by atoms with Gasteiger partial charge >= 0.3 is 0 Å². The molecular formula is C16H16F2N2O2S2. The van der Waals surface area contributed by atoms with Crippen molar-refractivity contribution in [3.05, 3.63) is 59.7 Å². The first-order chi connectivity index (χ1) is 11.3. The molecule has 0 aromatic heterocycles. The molecule has 0 heterocycles. The van der Waals surface area contributed by atoms with Crippen LogP contribution in [-0.2, 0) is 10.0 Å². The van der Waals surface area contributed by atoms with E-state index in [1.807, 2.05) is 6.92 Å². The zero-order chi connectivity index (χ0) is 17.7. The van der Waals surface area contributed by atoms with Crippen LogP contribution in [0.4, 0.5) is 8.78 Å². The Balaban J connectivity index is 2.11. The Labute approximate surface area is 144 Å². The number of alkyl halides is 2. The minimum atomic E-state index is -3.74. The Bertz CT molecular complexity index is 818. The zero-order valence-electron chi connectivity index (χ0n) is 13.0. The second-order valence-electron chi connectivity index (χ2n) is 5.01. The maximum absolute atomic E-state index is 12.3. The number of hydrazone groups is 1. The number of thioether (sulfide) groups is 1. The van der Waals surface area contributed by atoms with Crippen molar-refractivity contribution in [2.75, 3.05) is 0 Å². The van der Waals surface area contributed by atoms with Crippen LogP contribution in [0.3, 0.4) is 0 Å². The van der Waals surface area contributed by atoms with Gasteiger partial charge in [-0.15, -0.1) is 0 Å². The van der Waals surface area contributed by atoms with Crippen molar-refractivity contribution < 1.29 is 17.2 Å². The molecule has 2 aromatic rings. The predicted molar refractivity (Wildman–Crippen MR) is 92.0 cm³/mol. The van der Waals surface area contributed by atoms with Gasteiger partial charge in [0.25, 0.3) is 15.8 Å². The van der Waals surface area contributed by atoms with E-state index in [0.717, 1.165) is 5.56 Å². The molecule has 0 amide bonds. The third kappa shape index (κ3) is 5.04. The Kier molecular flexibility index (Phi) is 5.95. The molecule has 0 saturated carbocycles. The summed E-state index contributed by atoms with van der Waals surface area (Å²) in [4.78, 5) is 2.73. The van der Waals surface area contributed by atoms with Crippen LogP contribution in [0.5, 0.6) is 0 Å². The summed E-state index contributed by atoms with van der Waals surface area (Å²) in [5.74, 6) is -2.48.